The zero-order chi connectivity index (χ0) is 37.7. The van der Waals surface area contributed by atoms with Crippen LogP contribution in [0.4, 0.5) is 19.0 Å². The molecule has 4 saturated heterocycles. The van der Waals surface area contributed by atoms with E-state index in [2.05, 4.69) is 20.6 Å². The number of alkyl halides is 1. The molecule has 2 aromatic heterocycles. The van der Waals surface area contributed by atoms with Crippen molar-refractivity contribution in [3.05, 3.63) is 47.7 Å². The van der Waals surface area contributed by atoms with Crippen LogP contribution in [0.3, 0.4) is 0 Å². The molecule has 55 heavy (non-hydrogen) atoms. The van der Waals surface area contributed by atoms with Crippen LogP contribution in [0, 0.1) is 29.9 Å². The first kappa shape index (κ1) is 34.8. The molecule has 0 radical (unpaired) electrons. The summed E-state index contributed by atoms with van der Waals surface area (Å²) in [5.74, 6) is 2.16. The number of benzene rings is 3. The summed E-state index contributed by atoms with van der Waals surface area (Å²) in [6.07, 6.45) is 13.1. The van der Waals surface area contributed by atoms with Crippen LogP contribution in [-0.4, -0.2) is 111 Å². The SMILES string of the molecule is C#Cc1c(F)ccc2cc(O)cc(-c3c(F)c4nc(OC[C@@]56CCCN5C[C@H](F)C6)nc(N5[C@@H]6CC[C@H]5CN(C5CC(COC)C5)C6)c4c4cn(C)nc34)c12. The molecule has 13 heteroatoms. The Bertz CT molecular complexity index is 2400. The second-order valence-corrected chi connectivity index (χ2v) is 16.5. The normalized spacial score (nSPS) is 28.0. The van der Waals surface area contributed by atoms with Gasteiger partial charge in [-0.1, -0.05) is 12.0 Å². The standard InChI is InChI=1S/C42H44F3N7O3/c1-4-30-33(44)9-6-24-14-29(53)15-31(34(24)30)35-37(45)39-36(32-20-49(2)48-38(32)35)40(47-41(46-39)55-22-42-10-5-11-51(42)17-25(43)16-42)52-26-7-8-27(52)19-50(18-26)28-12-23(13-28)21-54-3/h1,6,9,14-15,20,23,25-28,53H,5,7-8,10-13,16-19,21-22H2,2-3H3/t23?,25-,26-,27+,28?,42+/m1/s1. The van der Waals surface area contributed by atoms with Crippen molar-refractivity contribution < 1.29 is 27.8 Å². The van der Waals surface area contributed by atoms with Gasteiger partial charge in [0, 0.05) is 87.5 Å². The van der Waals surface area contributed by atoms with Gasteiger partial charge in [-0.2, -0.15) is 15.1 Å². The van der Waals surface area contributed by atoms with E-state index >= 15 is 8.78 Å². The van der Waals surface area contributed by atoms with Crippen molar-refractivity contribution in [3.63, 3.8) is 0 Å². The summed E-state index contributed by atoms with van der Waals surface area (Å²) in [6.45, 7) is 3.90. The summed E-state index contributed by atoms with van der Waals surface area (Å²) in [5.41, 5.74) is 0.0936. The zero-order valence-corrected chi connectivity index (χ0v) is 31.1. The molecule has 3 aromatic carbocycles. The van der Waals surface area contributed by atoms with Gasteiger partial charge in [0.05, 0.1) is 16.5 Å². The highest BCUT2D eigenvalue weighted by atomic mass is 19.1. The van der Waals surface area contributed by atoms with Gasteiger partial charge < -0.3 is 19.5 Å². The fourth-order valence-corrected chi connectivity index (χ4v) is 10.8. The molecule has 4 aliphatic heterocycles. The minimum Gasteiger partial charge on any atom is -0.508 e. The maximum atomic E-state index is 17.8. The lowest BCUT2D eigenvalue weighted by Gasteiger charge is -2.49. The number of anilines is 1. The highest BCUT2D eigenvalue weighted by Crippen LogP contribution is 2.48. The number of phenols is 1. The van der Waals surface area contributed by atoms with Crippen LogP contribution < -0.4 is 9.64 Å². The monoisotopic (exact) mass is 751 g/mol. The van der Waals surface area contributed by atoms with E-state index in [-0.39, 0.29) is 58.0 Å². The van der Waals surface area contributed by atoms with Gasteiger partial charge in [-0.25, -0.2) is 13.2 Å². The molecule has 5 aliphatic rings. The number of aromatic hydroxyl groups is 1. The lowest BCUT2D eigenvalue weighted by molar-refractivity contribution is 0.0199. The maximum absolute atomic E-state index is 17.8. The second-order valence-electron chi connectivity index (χ2n) is 16.5. The smallest absolute Gasteiger partial charge is 0.319 e. The van der Waals surface area contributed by atoms with Crippen LogP contribution in [0.1, 0.15) is 50.5 Å². The summed E-state index contributed by atoms with van der Waals surface area (Å²) in [6, 6.07) is 6.47. The van der Waals surface area contributed by atoms with Crippen LogP contribution in [0.5, 0.6) is 11.8 Å². The van der Waals surface area contributed by atoms with Crippen LogP contribution in [0.15, 0.2) is 30.5 Å². The van der Waals surface area contributed by atoms with Gasteiger partial charge in [0.25, 0.3) is 0 Å². The topological polar surface area (TPSA) is 92.0 Å². The van der Waals surface area contributed by atoms with Crippen molar-refractivity contribution in [2.75, 3.05) is 51.4 Å². The highest BCUT2D eigenvalue weighted by Gasteiger charge is 2.50. The molecule has 0 amide bonds. The predicted octanol–water partition coefficient (Wildman–Crippen LogP) is 6.34. The average Bonchev–Trinajstić information content (AvgIpc) is 3.87. The van der Waals surface area contributed by atoms with Gasteiger partial charge in [0.15, 0.2) is 5.82 Å². The predicted molar refractivity (Wildman–Crippen MR) is 204 cm³/mol. The van der Waals surface area contributed by atoms with Gasteiger partial charge >= 0.3 is 6.01 Å². The molecule has 2 bridgehead atoms. The van der Waals surface area contributed by atoms with Gasteiger partial charge in [0.2, 0.25) is 0 Å². The Morgan fingerprint density at radius 1 is 1.04 bits per heavy atom. The van der Waals surface area contributed by atoms with Crippen LogP contribution in [0.2, 0.25) is 0 Å². The number of aryl methyl sites for hydroxylation is 1. The minimum absolute atomic E-state index is 0.0264. The summed E-state index contributed by atoms with van der Waals surface area (Å²) >= 11 is 0. The number of aromatic nitrogens is 4. The third kappa shape index (κ3) is 5.46. The lowest BCUT2D eigenvalue weighted by Crippen LogP contribution is -2.59. The summed E-state index contributed by atoms with van der Waals surface area (Å²) in [7, 11) is 3.53. The quantitative estimate of drug-likeness (QED) is 0.183. The Labute approximate surface area is 317 Å². The maximum Gasteiger partial charge on any atom is 0.319 e. The van der Waals surface area contributed by atoms with Gasteiger partial charge in [-0.05, 0) is 80.1 Å². The van der Waals surface area contributed by atoms with Crippen molar-refractivity contribution in [1.29, 1.82) is 0 Å². The number of fused-ring (bicyclic) bond motifs is 7. The molecule has 1 saturated carbocycles. The Hall–Kier alpha value is -4.64. The number of phenolic OH excluding ortho intramolecular Hbond substituents is 1. The number of hydrogen-bond donors (Lipinski definition) is 1. The molecule has 286 valence electrons. The molecule has 1 N–H and O–H groups in total. The summed E-state index contributed by atoms with van der Waals surface area (Å²) in [5, 5.41) is 17.6. The Kier molecular flexibility index (Phi) is 8.21. The third-order valence-electron chi connectivity index (χ3n) is 13.2. The van der Waals surface area contributed by atoms with Crippen molar-refractivity contribution in [3.8, 4) is 35.2 Å². The molecule has 10 rings (SSSR count). The van der Waals surface area contributed by atoms with E-state index in [1.807, 2.05) is 6.20 Å². The van der Waals surface area contributed by atoms with Gasteiger partial charge in [-0.15, -0.1) is 6.42 Å². The van der Waals surface area contributed by atoms with Gasteiger partial charge in [0.1, 0.15) is 41.2 Å². The van der Waals surface area contributed by atoms with Gasteiger partial charge in [-0.3, -0.25) is 14.5 Å². The van der Waals surface area contributed by atoms with E-state index in [0.29, 0.717) is 52.4 Å². The second kappa shape index (κ2) is 13.0. The fraction of sp³-hybridized carbons (Fsp3) is 0.500. The van der Waals surface area contributed by atoms with E-state index in [0.717, 1.165) is 64.8 Å². The number of ether oxygens (including phenoxy) is 2. The minimum atomic E-state index is -0.932. The molecule has 0 spiro atoms. The first-order valence-electron chi connectivity index (χ1n) is 19.5. The van der Waals surface area contributed by atoms with Crippen LogP contribution in [0.25, 0.3) is 43.7 Å². The fourth-order valence-electron chi connectivity index (χ4n) is 10.8. The summed E-state index contributed by atoms with van der Waals surface area (Å²) < 4.78 is 61.4. The highest BCUT2D eigenvalue weighted by molar-refractivity contribution is 6.18. The molecule has 1 aliphatic carbocycles. The molecular weight excluding hydrogens is 708 g/mol. The Balaban J connectivity index is 1.15. The van der Waals surface area contributed by atoms with E-state index < -0.39 is 23.3 Å². The number of rotatable bonds is 8. The van der Waals surface area contributed by atoms with Crippen molar-refractivity contribution in [2.24, 2.45) is 13.0 Å². The van der Waals surface area contributed by atoms with E-state index in [9.17, 15) is 9.50 Å². The lowest BCUT2D eigenvalue weighted by atomic mass is 9.79. The van der Waals surface area contributed by atoms with Crippen LogP contribution >= 0.6 is 0 Å². The average molecular weight is 752 g/mol. The van der Waals surface area contributed by atoms with E-state index in [1.165, 1.54) is 24.3 Å². The molecule has 10 nitrogen and oxygen atoms in total. The molecule has 5 aromatic rings. The number of piperazine rings is 1. The number of nitrogens with zero attached hydrogens (tertiary/aromatic N) is 7. The molecule has 4 atom stereocenters. The number of halogens is 3. The Morgan fingerprint density at radius 3 is 2.60 bits per heavy atom. The Morgan fingerprint density at radius 2 is 1.84 bits per heavy atom. The van der Waals surface area contributed by atoms with Crippen molar-refractivity contribution in [1.82, 2.24) is 29.5 Å². The number of methoxy groups -OCH3 is 1. The van der Waals surface area contributed by atoms with Crippen molar-refractivity contribution in [2.45, 2.75) is 74.8 Å². The van der Waals surface area contributed by atoms with E-state index in [1.54, 1.807) is 18.8 Å². The van der Waals surface area contributed by atoms with E-state index in [4.69, 9.17) is 31.0 Å². The molecule has 5 fully saturated rings. The largest absolute Gasteiger partial charge is 0.508 e. The molecule has 0 unspecified atom stereocenters. The first-order valence-corrected chi connectivity index (χ1v) is 19.5. The van der Waals surface area contributed by atoms with Crippen molar-refractivity contribution >= 4 is 38.4 Å². The molecule has 6 heterocycles. The molecular formula is C42H44F3N7O3. The summed E-state index contributed by atoms with van der Waals surface area (Å²) in [4.78, 5) is 17.1. The van der Waals surface area contributed by atoms with Crippen LogP contribution in [-0.2, 0) is 11.8 Å². The number of terminal acetylenes is 1. The number of hydrogen-bond acceptors (Lipinski definition) is 9. The number of likely N-dealkylation sites (tertiary alicyclic amines) is 1. The zero-order valence-electron chi connectivity index (χ0n) is 31.1. The first-order chi connectivity index (χ1) is 26.6. The third-order valence-corrected chi connectivity index (χ3v) is 13.2.